The average Bonchev–Trinajstić information content (AvgIpc) is 2.59. The average molecular weight is 133 g/mol. The standard InChI is InChI=1S/C6H5N4/c1-2-9-10(3-1)6-4-7-8-5-6/h1-4H,(H,7,8). The van der Waals surface area contributed by atoms with E-state index in [1.165, 1.54) is 0 Å². The lowest BCUT2D eigenvalue weighted by Gasteiger charge is -1.90. The summed E-state index contributed by atoms with van der Waals surface area (Å²) in [6.07, 6.45) is 8.01. The number of aromatic nitrogens is 4. The summed E-state index contributed by atoms with van der Waals surface area (Å²) >= 11 is 0. The SMILES string of the molecule is [c]1n[nH]cc1-n1cccn1. The molecule has 0 fully saturated rings. The number of hydrogen-bond donors (Lipinski definition) is 1. The smallest absolute Gasteiger partial charge is 0.140 e. The molecule has 0 atom stereocenters. The van der Waals surface area contributed by atoms with Crippen molar-refractivity contribution < 1.29 is 0 Å². The summed E-state index contributed by atoms with van der Waals surface area (Å²) in [6.45, 7) is 0. The van der Waals surface area contributed by atoms with E-state index in [0.717, 1.165) is 5.69 Å². The number of hydrogen-bond acceptors (Lipinski definition) is 2. The third-order valence-corrected chi connectivity index (χ3v) is 1.19. The second-order valence-electron chi connectivity index (χ2n) is 1.83. The fourth-order valence-corrected chi connectivity index (χ4v) is 0.744. The molecule has 2 aromatic heterocycles. The van der Waals surface area contributed by atoms with E-state index in [1.54, 1.807) is 17.1 Å². The highest BCUT2D eigenvalue weighted by Gasteiger charge is 1.94. The number of nitrogens with zero attached hydrogens (tertiary/aromatic N) is 3. The Balaban J connectivity index is 2.48. The molecule has 0 unspecified atom stereocenters. The molecule has 1 radical (unpaired) electrons. The fraction of sp³-hybridized carbons (Fsp3) is 0. The van der Waals surface area contributed by atoms with Gasteiger partial charge in [-0.1, -0.05) is 0 Å². The highest BCUT2D eigenvalue weighted by atomic mass is 15.3. The molecule has 4 nitrogen and oxygen atoms in total. The Labute approximate surface area is 57.5 Å². The van der Waals surface area contributed by atoms with Gasteiger partial charge in [0.2, 0.25) is 0 Å². The Bertz CT molecular complexity index is 249. The third-order valence-electron chi connectivity index (χ3n) is 1.19. The molecule has 1 N–H and O–H groups in total. The topological polar surface area (TPSA) is 46.5 Å². The molecule has 0 aliphatic rings. The van der Waals surface area contributed by atoms with Crippen molar-refractivity contribution in [3.8, 4) is 5.69 Å². The molecular formula is C6H5N4. The molecule has 4 heteroatoms. The van der Waals surface area contributed by atoms with Crippen LogP contribution < -0.4 is 0 Å². The number of aromatic amines is 1. The lowest BCUT2D eigenvalue weighted by atomic mass is 10.6. The second-order valence-corrected chi connectivity index (χ2v) is 1.83. The number of nitrogens with one attached hydrogen (secondary N) is 1. The largest absolute Gasteiger partial charge is 0.283 e. The van der Waals surface area contributed by atoms with Crippen LogP contribution in [-0.2, 0) is 0 Å². The van der Waals surface area contributed by atoms with Crippen molar-refractivity contribution in [2.45, 2.75) is 0 Å². The zero-order valence-corrected chi connectivity index (χ0v) is 5.15. The third kappa shape index (κ3) is 0.699. The van der Waals surface area contributed by atoms with Crippen molar-refractivity contribution in [3.05, 3.63) is 30.9 Å². The first-order valence-electron chi connectivity index (χ1n) is 2.88. The summed E-state index contributed by atoms with van der Waals surface area (Å²) in [4.78, 5) is 0. The van der Waals surface area contributed by atoms with Gasteiger partial charge in [-0.15, -0.1) is 0 Å². The van der Waals surface area contributed by atoms with Crippen LogP contribution in [0, 0.1) is 6.20 Å². The van der Waals surface area contributed by atoms with E-state index in [1.807, 2.05) is 12.3 Å². The van der Waals surface area contributed by atoms with Crippen molar-refractivity contribution in [1.29, 1.82) is 0 Å². The van der Waals surface area contributed by atoms with E-state index in [0.29, 0.717) is 0 Å². The maximum Gasteiger partial charge on any atom is 0.140 e. The zero-order chi connectivity index (χ0) is 6.81. The van der Waals surface area contributed by atoms with Crippen LogP contribution in [0.25, 0.3) is 5.69 Å². The van der Waals surface area contributed by atoms with Gasteiger partial charge in [0.25, 0.3) is 0 Å². The minimum Gasteiger partial charge on any atom is -0.283 e. The maximum absolute atomic E-state index is 3.98. The molecule has 2 rings (SSSR count). The molecule has 0 spiro atoms. The molecule has 0 aromatic carbocycles. The summed E-state index contributed by atoms with van der Waals surface area (Å²) in [6, 6.07) is 1.85. The van der Waals surface area contributed by atoms with Crippen molar-refractivity contribution in [2.24, 2.45) is 0 Å². The zero-order valence-electron chi connectivity index (χ0n) is 5.15. The van der Waals surface area contributed by atoms with Crippen LogP contribution in [-0.4, -0.2) is 20.0 Å². The molecule has 0 aliphatic heterocycles. The van der Waals surface area contributed by atoms with Crippen LogP contribution in [0.15, 0.2) is 24.7 Å². The maximum atomic E-state index is 3.98. The van der Waals surface area contributed by atoms with Gasteiger partial charge in [0, 0.05) is 18.6 Å². The molecule has 0 saturated heterocycles. The normalized spacial score (nSPS) is 10.0. The van der Waals surface area contributed by atoms with Crippen molar-refractivity contribution in [1.82, 2.24) is 20.0 Å². The summed E-state index contributed by atoms with van der Waals surface area (Å²) in [5.74, 6) is 0. The second kappa shape index (κ2) is 1.98. The number of H-pyrrole nitrogens is 1. The summed E-state index contributed by atoms with van der Waals surface area (Å²) < 4.78 is 1.68. The van der Waals surface area contributed by atoms with Gasteiger partial charge in [-0.25, -0.2) is 4.68 Å². The lowest BCUT2D eigenvalue weighted by Crippen LogP contribution is -1.90. The molecule has 0 saturated carbocycles. The van der Waals surface area contributed by atoms with Gasteiger partial charge >= 0.3 is 0 Å². The van der Waals surface area contributed by atoms with E-state index in [2.05, 4.69) is 21.5 Å². The van der Waals surface area contributed by atoms with E-state index < -0.39 is 0 Å². The first-order chi connectivity index (χ1) is 4.97. The van der Waals surface area contributed by atoms with Gasteiger partial charge in [0.15, 0.2) is 0 Å². The Morgan fingerprint density at radius 1 is 1.60 bits per heavy atom. The minimum absolute atomic E-state index is 0.824. The quantitative estimate of drug-likeness (QED) is 0.611. The van der Waals surface area contributed by atoms with Gasteiger partial charge in [0.05, 0.1) is 0 Å². The fourth-order valence-electron chi connectivity index (χ4n) is 0.744. The first-order valence-corrected chi connectivity index (χ1v) is 2.88. The summed E-state index contributed by atoms with van der Waals surface area (Å²) in [5, 5.41) is 10.3. The molecular weight excluding hydrogens is 128 g/mol. The Kier molecular flexibility index (Phi) is 1.04. The van der Waals surface area contributed by atoms with E-state index in [4.69, 9.17) is 0 Å². The van der Waals surface area contributed by atoms with Crippen LogP contribution in [0.1, 0.15) is 0 Å². The van der Waals surface area contributed by atoms with Crippen molar-refractivity contribution in [2.75, 3.05) is 0 Å². The Morgan fingerprint density at radius 3 is 3.20 bits per heavy atom. The van der Waals surface area contributed by atoms with E-state index in [-0.39, 0.29) is 0 Å². The van der Waals surface area contributed by atoms with E-state index >= 15 is 0 Å². The van der Waals surface area contributed by atoms with E-state index in [9.17, 15) is 0 Å². The van der Waals surface area contributed by atoms with Crippen LogP contribution >= 0.6 is 0 Å². The Morgan fingerprint density at radius 2 is 2.60 bits per heavy atom. The molecule has 2 aromatic rings. The molecule has 2 heterocycles. The van der Waals surface area contributed by atoms with Crippen molar-refractivity contribution in [3.63, 3.8) is 0 Å². The molecule has 0 amide bonds. The summed E-state index contributed by atoms with van der Waals surface area (Å²) in [5.41, 5.74) is 0.824. The highest BCUT2D eigenvalue weighted by molar-refractivity contribution is 5.20. The van der Waals surface area contributed by atoms with Crippen LogP contribution in [0.3, 0.4) is 0 Å². The lowest BCUT2D eigenvalue weighted by molar-refractivity contribution is 0.880. The minimum atomic E-state index is 0.824. The van der Waals surface area contributed by atoms with Crippen LogP contribution in [0.5, 0.6) is 0 Å². The highest BCUT2D eigenvalue weighted by Crippen LogP contribution is 1.98. The predicted molar refractivity (Wildman–Crippen MR) is 34.5 cm³/mol. The first kappa shape index (κ1) is 5.22. The molecule has 0 bridgehead atoms. The van der Waals surface area contributed by atoms with Gasteiger partial charge in [0.1, 0.15) is 11.9 Å². The van der Waals surface area contributed by atoms with Gasteiger partial charge < -0.3 is 0 Å². The molecule has 0 aliphatic carbocycles. The predicted octanol–water partition coefficient (Wildman–Crippen LogP) is 0.396. The monoisotopic (exact) mass is 133 g/mol. The molecule has 10 heavy (non-hydrogen) atoms. The number of rotatable bonds is 1. The van der Waals surface area contributed by atoms with Crippen LogP contribution in [0.2, 0.25) is 0 Å². The summed E-state index contributed by atoms with van der Waals surface area (Å²) in [7, 11) is 0. The van der Waals surface area contributed by atoms with Gasteiger partial charge in [-0.05, 0) is 6.07 Å². The van der Waals surface area contributed by atoms with Crippen molar-refractivity contribution >= 4 is 0 Å². The molecule has 49 valence electrons. The van der Waals surface area contributed by atoms with Crippen LogP contribution in [0.4, 0.5) is 0 Å². The van der Waals surface area contributed by atoms with Gasteiger partial charge in [-0.2, -0.15) is 10.2 Å². The Hall–Kier alpha value is -1.58. The van der Waals surface area contributed by atoms with Gasteiger partial charge in [-0.3, -0.25) is 5.10 Å².